The molecule has 0 bridgehead atoms. The van der Waals surface area contributed by atoms with Crippen LogP contribution in [0.25, 0.3) is 0 Å². The third-order valence-corrected chi connectivity index (χ3v) is 2.31. The van der Waals surface area contributed by atoms with E-state index in [0.717, 1.165) is 17.1 Å². The van der Waals surface area contributed by atoms with Crippen molar-refractivity contribution in [3.05, 3.63) is 22.5 Å². The SMILES string of the molecule is CC(C)(C(=O)NCC(=O)O)n1cc([N+](=O)[O-])cn1. The molecule has 0 saturated heterocycles. The van der Waals surface area contributed by atoms with Crippen LogP contribution in [-0.2, 0) is 15.1 Å². The molecular weight excluding hydrogens is 244 g/mol. The molecule has 0 saturated carbocycles. The van der Waals surface area contributed by atoms with Gasteiger partial charge in [-0.05, 0) is 13.8 Å². The normalized spacial score (nSPS) is 11.0. The number of rotatable bonds is 5. The summed E-state index contributed by atoms with van der Waals surface area (Å²) in [4.78, 5) is 31.9. The summed E-state index contributed by atoms with van der Waals surface area (Å²) in [6, 6.07) is 0. The second kappa shape index (κ2) is 4.82. The summed E-state index contributed by atoms with van der Waals surface area (Å²) in [5.74, 6) is -1.77. The predicted octanol–water partition coefficient (Wildman–Crippen LogP) is -0.273. The quantitative estimate of drug-likeness (QED) is 0.551. The van der Waals surface area contributed by atoms with E-state index in [-0.39, 0.29) is 5.69 Å². The monoisotopic (exact) mass is 256 g/mol. The lowest BCUT2D eigenvalue weighted by Crippen LogP contribution is -2.46. The molecule has 2 N–H and O–H groups in total. The maximum Gasteiger partial charge on any atom is 0.322 e. The number of carbonyl (C=O) groups excluding carboxylic acids is 1. The van der Waals surface area contributed by atoms with Gasteiger partial charge in [0.05, 0.1) is 4.92 Å². The van der Waals surface area contributed by atoms with E-state index in [1.54, 1.807) is 0 Å². The highest BCUT2D eigenvalue weighted by atomic mass is 16.6. The van der Waals surface area contributed by atoms with E-state index in [9.17, 15) is 19.7 Å². The first-order valence-corrected chi connectivity index (χ1v) is 4.95. The van der Waals surface area contributed by atoms with Crippen molar-refractivity contribution in [3.8, 4) is 0 Å². The number of hydrogen-bond donors (Lipinski definition) is 2. The molecule has 98 valence electrons. The zero-order valence-electron chi connectivity index (χ0n) is 9.78. The average molecular weight is 256 g/mol. The van der Waals surface area contributed by atoms with Crippen LogP contribution < -0.4 is 5.32 Å². The van der Waals surface area contributed by atoms with Crippen LogP contribution >= 0.6 is 0 Å². The van der Waals surface area contributed by atoms with E-state index in [1.807, 2.05) is 0 Å². The van der Waals surface area contributed by atoms with Crippen LogP contribution in [-0.4, -0.2) is 38.2 Å². The number of nitrogens with zero attached hydrogens (tertiary/aromatic N) is 3. The number of aromatic nitrogens is 2. The summed E-state index contributed by atoms with van der Waals surface area (Å²) in [6.45, 7) is 2.42. The molecule has 0 radical (unpaired) electrons. The average Bonchev–Trinajstić information content (AvgIpc) is 2.75. The van der Waals surface area contributed by atoms with Crippen molar-refractivity contribution in [2.24, 2.45) is 0 Å². The summed E-state index contributed by atoms with van der Waals surface area (Å²) >= 11 is 0. The summed E-state index contributed by atoms with van der Waals surface area (Å²) in [6.07, 6.45) is 2.13. The second-order valence-corrected chi connectivity index (χ2v) is 4.04. The zero-order valence-corrected chi connectivity index (χ0v) is 9.78. The molecule has 0 aliphatic heterocycles. The van der Waals surface area contributed by atoms with Gasteiger partial charge in [-0.25, -0.2) is 0 Å². The largest absolute Gasteiger partial charge is 0.480 e. The summed E-state index contributed by atoms with van der Waals surface area (Å²) in [5.41, 5.74) is -1.46. The lowest BCUT2D eigenvalue weighted by Gasteiger charge is -2.23. The standard InChI is InChI=1S/C9H12N4O5/c1-9(2,8(16)10-4-7(14)15)12-5-6(3-11-12)13(17)18/h3,5H,4H2,1-2H3,(H,10,16)(H,14,15). The zero-order chi connectivity index (χ0) is 13.9. The minimum absolute atomic E-state index is 0.242. The summed E-state index contributed by atoms with van der Waals surface area (Å²) < 4.78 is 1.11. The Labute approximate surface area is 102 Å². The van der Waals surface area contributed by atoms with E-state index in [2.05, 4.69) is 10.4 Å². The van der Waals surface area contributed by atoms with Crippen molar-refractivity contribution in [3.63, 3.8) is 0 Å². The minimum Gasteiger partial charge on any atom is -0.480 e. The Hall–Kier alpha value is -2.45. The van der Waals surface area contributed by atoms with E-state index in [4.69, 9.17) is 5.11 Å². The van der Waals surface area contributed by atoms with Crippen molar-refractivity contribution in [1.82, 2.24) is 15.1 Å². The molecule has 1 amide bonds. The molecule has 9 heteroatoms. The fourth-order valence-electron chi connectivity index (χ4n) is 1.19. The molecule has 9 nitrogen and oxygen atoms in total. The molecule has 1 aromatic heterocycles. The first kappa shape index (κ1) is 13.6. The Bertz CT molecular complexity index is 493. The number of nitrogens with one attached hydrogen (secondary N) is 1. The van der Waals surface area contributed by atoms with Gasteiger partial charge in [0, 0.05) is 0 Å². The maximum atomic E-state index is 11.7. The highest BCUT2D eigenvalue weighted by Gasteiger charge is 2.32. The fraction of sp³-hybridized carbons (Fsp3) is 0.444. The van der Waals surface area contributed by atoms with Crippen molar-refractivity contribution in [1.29, 1.82) is 0 Å². The third-order valence-electron chi connectivity index (χ3n) is 2.31. The van der Waals surface area contributed by atoms with Gasteiger partial charge >= 0.3 is 11.7 Å². The molecule has 1 rings (SSSR count). The van der Waals surface area contributed by atoms with Gasteiger partial charge in [0.15, 0.2) is 0 Å². The number of carboxylic acid groups (broad SMARTS) is 1. The molecule has 1 aromatic rings. The molecular formula is C9H12N4O5. The Balaban J connectivity index is 2.86. The van der Waals surface area contributed by atoms with E-state index >= 15 is 0 Å². The Morgan fingerprint density at radius 3 is 2.67 bits per heavy atom. The number of carboxylic acids is 1. The second-order valence-electron chi connectivity index (χ2n) is 4.04. The van der Waals surface area contributed by atoms with Crippen LogP contribution in [0.5, 0.6) is 0 Å². The van der Waals surface area contributed by atoms with Gasteiger partial charge in [0.2, 0.25) is 5.91 Å². The molecule has 0 atom stereocenters. The number of aliphatic carboxylic acids is 1. The Kier molecular flexibility index (Phi) is 3.64. The van der Waals surface area contributed by atoms with E-state index in [0.29, 0.717) is 0 Å². The van der Waals surface area contributed by atoms with Gasteiger partial charge in [0.25, 0.3) is 0 Å². The molecule has 18 heavy (non-hydrogen) atoms. The summed E-state index contributed by atoms with van der Waals surface area (Å²) in [7, 11) is 0. The van der Waals surface area contributed by atoms with E-state index in [1.165, 1.54) is 13.8 Å². The first-order chi connectivity index (χ1) is 8.25. The van der Waals surface area contributed by atoms with Crippen LogP contribution in [0, 0.1) is 10.1 Å². The van der Waals surface area contributed by atoms with Crippen molar-refractivity contribution in [2.45, 2.75) is 19.4 Å². The minimum atomic E-state index is -1.22. The number of amides is 1. The summed E-state index contributed by atoms with van der Waals surface area (Å²) in [5, 5.41) is 24.9. The van der Waals surface area contributed by atoms with Crippen molar-refractivity contribution >= 4 is 17.6 Å². The molecule has 0 unspecified atom stereocenters. The molecule has 0 aliphatic rings. The van der Waals surface area contributed by atoms with Crippen LogP contribution in [0.1, 0.15) is 13.8 Å². The van der Waals surface area contributed by atoms with Gasteiger partial charge < -0.3 is 10.4 Å². The van der Waals surface area contributed by atoms with Gasteiger partial charge in [0.1, 0.15) is 24.5 Å². The van der Waals surface area contributed by atoms with Crippen LogP contribution in [0.3, 0.4) is 0 Å². The highest BCUT2D eigenvalue weighted by molar-refractivity contribution is 5.86. The van der Waals surface area contributed by atoms with Gasteiger partial charge in [-0.1, -0.05) is 0 Å². The van der Waals surface area contributed by atoms with Crippen molar-refractivity contribution < 1.29 is 19.6 Å². The highest BCUT2D eigenvalue weighted by Crippen LogP contribution is 2.18. The number of carbonyl (C=O) groups is 2. The van der Waals surface area contributed by atoms with Crippen LogP contribution in [0.2, 0.25) is 0 Å². The molecule has 0 aromatic carbocycles. The first-order valence-electron chi connectivity index (χ1n) is 4.95. The van der Waals surface area contributed by atoms with Gasteiger partial charge in [-0.15, -0.1) is 0 Å². The van der Waals surface area contributed by atoms with Crippen molar-refractivity contribution in [2.75, 3.05) is 6.54 Å². The third kappa shape index (κ3) is 2.81. The topological polar surface area (TPSA) is 127 Å². The van der Waals surface area contributed by atoms with Crippen LogP contribution in [0.4, 0.5) is 5.69 Å². The lowest BCUT2D eigenvalue weighted by molar-refractivity contribution is -0.385. The molecule has 0 spiro atoms. The maximum absolute atomic E-state index is 11.7. The molecule has 0 aliphatic carbocycles. The van der Waals surface area contributed by atoms with Gasteiger partial charge in [-0.2, -0.15) is 5.10 Å². The number of hydrogen-bond acceptors (Lipinski definition) is 5. The van der Waals surface area contributed by atoms with Gasteiger partial charge in [-0.3, -0.25) is 24.4 Å². The molecule has 0 fully saturated rings. The fourth-order valence-corrected chi connectivity index (χ4v) is 1.19. The predicted molar refractivity (Wildman–Crippen MR) is 58.8 cm³/mol. The molecule has 1 heterocycles. The smallest absolute Gasteiger partial charge is 0.322 e. The lowest BCUT2D eigenvalue weighted by atomic mass is 10.1. The van der Waals surface area contributed by atoms with Crippen LogP contribution in [0.15, 0.2) is 12.4 Å². The Morgan fingerprint density at radius 1 is 1.61 bits per heavy atom. The number of nitro groups is 1. The Morgan fingerprint density at radius 2 is 2.22 bits per heavy atom. The van der Waals surface area contributed by atoms with E-state index < -0.39 is 28.9 Å².